The van der Waals surface area contributed by atoms with Crippen LogP contribution in [-0.4, -0.2) is 12.0 Å². The van der Waals surface area contributed by atoms with Crippen molar-refractivity contribution in [3.8, 4) is 0 Å². The standard InChI is InChI=1S/C12H11F3N2.C3H8/c1-7-3-4-9-8(5-7)10(16-2)6-11(17-9)12(13,14)15;1-3-2/h3-6H,1-2H3,(H,16,17);3H2,1-2H3. The lowest BCUT2D eigenvalue weighted by molar-refractivity contribution is -0.140. The van der Waals surface area contributed by atoms with Crippen LogP contribution in [0.5, 0.6) is 0 Å². The molecule has 0 unspecified atom stereocenters. The van der Waals surface area contributed by atoms with E-state index >= 15 is 0 Å². The van der Waals surface area contributed by atoms with Crippen molar-refractivity contribution in [2.45, 2.75) is 33.4 Å². The van der Waals surface area contributed by atoms with Gasteiger partial charge in [0, 0.05) is 18.1 Å². The second kappa shape index (κ2) is 6.59. The number of nitrogens with zero attached hydrogens (tertiary/aromatic N) is 1. The van der Waals surface area contributed by atoms with Gasteiger partial charge in [-0.1, -0.05) is 31.9 Å². The number of fused-ring (bicyclic) bond motifs is 1. The number of hydrogen-bond donors (Lipinski definition) is 1. The number of aryl methyl sites for hydroxylation is 1. The fourth-order valence-corrected chi connectivity index (χ4v) is 1.69. The Morgan fingerprint density at radius 1 is 1.15 bits per heavy atom. The average Bonchev–Trinajstić information content (AvgIpc) is 2.37. The Morgan fingerprint density at radius 2 is 1.75 bits per heavy atom. The summed E-state index contributed by atoms with van der Waals surface area (Å²) in [7, 11) is 1.59. The molecule has 0 bridgehead atoms. The van der Waals surface area contributed by atoms with Crippen LogP contribution in [0.1, 0.15) is 31.5 Å². The van der Waals surface area contributed by atoms with Gasteiger partial charge in [0.2, 0.25) is 0 Å². The zero-order valence-electron chi connectivity index (χ0n) is 12.1. The highest BCUT2D eigenvalue weighted by Gasteiger charge is 2.33. The fourth-order valence-electron chi connectivity index (χ4n) is 1.69. The normalized spacial score (nSPS) is 10.9. The molecule has 0 aliphatic carbocycles. The quantitative estimate of drug-likeness (QED) is 0.795. The van der Waals surface area contributed by atoms with Crippen molar-refractivity contribution in [3.63, 3.8) is 0 Å². The molecule has 0 saturated carbocycles. The third kappa shape index (κ3) is 3.85. The Hall–Kier alpha value is -1.78. The molecule has 0 aliphatic heterocycles. The molecule has 2 nitrogen and oxygen atoms in total. The van der Waals surface area contributed by atoms with Gasteiger partial charge in [-0.3, -0.25) is 0 Å². The van der Waals surface area contributed by atoms with Gasteiger partial charge >= 0.3 is 6.18 Å². The topological polar surface area (TPSA) is 24.9 Å². The molecular weight excluding hydrogens is 265 g/mol. The lowest BCUT2D eigenvalue weighted by Gasteiger charge is -2.11. The highest BCUT2D eigenvalue weighted by Crippen LogP contribution is 2.33. The average molecular weight is 284 g/mol. The first-order valence-electron chi connectivity index (χ1n) is 6.49. The molecule has 0 fully saturated rings. The van der Waals surface area contributed by atoms with E-state index in [1.807, 2.05) is 13.0 Å². The van der Waals surface area contributed by atoms with Crippen molar-refractivity contribution in [2.75, 3.05) is 12.4 Å². The third-order valence-corrected chi connectivity index (χ3v) is 2.52. The fraction of sp³-hybridized carbons (Fsp3) is 0.400. The van der Waals surface area contributed by atoms with Crippen LogP contribution in [-0.2, 0) is 6.18 Å². The van der Waals surface area contributed by atoms with E-state index in [9.17, 15) is 13.2 Å². The molecule has 1 heterocycles. The van der Waals surface area contributed by atoms with Crippen LogP contribution >= 0.6 is 0 Å². The van der Waals surface area contributed by atoms with Crippen molar-refractivity contribution in [1.82, 2.24) is 4.98 Å². The Labute approximate surface area is 117 Å². The highest BCUT2D eigenvalue weighted by atomic mass is 19.4. The Kier molecular flexibility index (Phi) is 5.36. The van der Waals surface area contributed by atoms with E-state index in [2.05, 4.69) is 24.1 Å². The predicted octanol–water partition coefficient (Wildman–Crippen LogP) is 5.02. The number of rotatable bonds is 1. The summed E-state index contributed by atoms with van der Waals surface area (Å²) in [6.45, 7) is 6.14. The SMILES string of the molecule is CCC.CNc1cc(C(F)(F)F)nc2ccc(C)cc12. The largest absolute Gasteiger partial charge is 0.433 e. The summed E-state index contributed by atoms with van der Waals surface area (Å²) in [5.41, 5.74) is 0.884. The van der Waals surface area contributed by atoms with E-state index in [4.69, 9.17) is 0 Å². The molecule has 0 aliphatic rings. The van der Waals surface area contributed by atoms with Crippen LogP contribution < -0.4 is 5.32 Å². The first-order chi connectivity index (χ1) is 9.33. The molecule has 1 aromatic heterocycles. The number of alkyl halides is 3. The van der Waals surface area contributed by atoms with E-state index in [-0.39, 0.29) is 0 Å². The minimum atomic E-state index is -4.43. The highest BCUT2D eigenvalue weighted by molar-refractivity contribution is 5.91. The van der Waals surface area contributed by atoms with Gasteiger partial charge < -0.3 is 5.32 Å². The molecule has 0 spiro atoms. The molecule has 110 valence electrons. The summed E-state index contributed by atoms with van der Waals surface area (Å²) in [5.74, 6) is 0. The van der Waals surface area contributed by atoms with Gasteiger partial charge in [0.05, 0.1) is 5.52 Å². The van der Waals surface area contributed by atoms with Crippen molar-refractivity contribution in [1.29, 1.82) is 0 Å². The Balaban J connectivity index is 0.000000612. The van der Waals surface area contributed by atoms with Crippen LogP contribution in [0, 0.1) is 6.92 Å². The summed E-state index contributed by atoms with van der Waals surface area (Å²) in [6, 6.07) is 6.19. The summed E-state index contributed by atoms with van der Waals surface area (Å²) < 4.78 is 37.9. The summed E-state index contributed by atoms with van der Waals surface area (Å²) in [4.78, 5) is 3.63. The number of benzene rings is 1. The van der Waals surface area contributed by atoms with Gasteiger partial charge in [-0.05, 0) is 25.1 Å². The molecule has 2 rings (SSSR count). The van der Waals surface area contributed by atoms with Gasteiger partial charge in [-0.25, -0.2) is 4.98 Å². The van der Waals surface area contributed by atoms with E-state index in [1.165, 1.54) is 6.42 Å². The molecule has 1 N–H and O–H groups in total. The summed E-state index contributed by atoms with van der Waals surface area (Å²) in [6.07, 6.45) is -3.18. The molecule has 0 saturated heterocycles. The second-order valence-electron chi connectivity index (χ2n) is 4.53. The van der Waals surface area contributed by atoms with Gasteiger partial charge in [-0.15, -0.1) is 0 Å². The molecule has 2 aromatic rings. The van der Waals surface area contributed by atoms with E-state index in [1.54, 1.807) is 19.2 Å². The second-order valence-corrected chi connectivity index (χ2v) is 4.53. The molecule has 5 heteroatoms. The van der Waals surface area contributed by atoms with Crippen LogP contribution in [0.3, 0.4) is 0 Å². The first-order valence-corrected chi connectivity index (χ1v) is 6.49. The number of aromatic nitrogens is 1. The minimum Gasteiger partial charge on any atom is -0.388 e. The van der Waals surface area contributed by atoms with E-state index < -0.39 is 11.9 Å². The Bertz CT molecular complexity index is 577. The number of anilines is 1. The maximum Gasteiger partial charge on any atom is 0.433 e. The molecule has 0 radical (unpaired) electrons. The van der Waals surface area contributed by atoms with Gasteiger partial charge in [0.1, 0.15) is 5.69 Å². The molecule has 20 heavy (non-hydrogen) atoms. The smallest absolute Gasteiger partial charge is 0.388 e. The Morgan fingerprint density at radius 3 is 2.25 bits per heavy atom. The van der Waals surface area contributed by atoms with Crippen molar-refractivity contribution in [3.05, 3.63) is 35.5 Å². The zero-order chi connectivity index (χ0) is 15.3. The predicted molar refractivity (Wildman–Crippen MR) is 77.0 cm³/mol. The molecule has 1 aromatic carbocycles. The van der Waals surface area contributed by atoms with Crippen LogP contribution in [0.15, 0.2) is 24.3 Å². The van der Waals surface area contributed by atoms with E-state index in [0.717, 1.165) is 11.6 Å². The van der Waals surface area contributed by atoms with Crippen molar-refractivity contribution >= 4 is 16.6 Å². The van der Waals surface area contributed by atoms with Gasteiger partial charge in [-0.2, -0.15) is 13.2 Å². The number of hydrogen-bond acceptors (Lipinski definition) is 2. The monoisotopic (exact) mass is 284 g/mol. The minimum absolute atomic E-state index is 0.342. The van der Waals surface area contributed by atoms with Crippen molar-refractivity contribution in [2.24, 2.45) is 0 Å². The first kappa shape index (κ1) is 16.3. The maximum atomic E-state index is 12.6. The van der Waals surface area contributed by atoms with Gasteiger partial charge in [0.25, 0.3) is 0 Å². The van der Waals surface area contributed by atoms with Crippen molar-refractivity contribution < 1.29 is 13.2 Å². The van der Waals surface area contributed by atoms with Crippen LogP contribution in [0.25, 0.3) is 10.9 Å². The zero-order valence-corrected chi connectivity index (χ0v) is 12.1. The lowest BCUT2D eigenvalue weighted by atomic mass is 10.1. The lowest BCUT2D eigenvalue weighted by Crippen LogP contribution is -2.09. The molecule has 0 amide bonds. The van der Waals surface area contributed by atoms with Crippen LogP contribution in [0.4, 0.5) is 18.9 Å². The summed E-state index contributed by atoms with van der Waals surface area (Å²) in [5, 5.41) is 3.46. The number of nitrogens with one attached hydrogen (secondary N) is 1. The van der Waals surface area contributed by atoms with E-state index in [0.29, 0.717) is 16.6 Å². The summed E-state index contributed by atoms with van der Waals surface area (Å²) >= 11 is 0. The number of halogens is 3. The third-order valence-electron chi connectivity index (χ3n) is 2.52. The number of pyridine rings is 1. The molecule has 0 atom stereocenters. The van der Waals surface area contributed by atoms with Gasteiger partial charge in [0.15, 0.2) is 0 Å². The maximum absolute atomic E-state index is 12.6. The van der Waals surface area contributed by atoms with Crippen LogP contribution in [0.2, 0.25) is 0 Å². The molecular formula is C15H19F3N2.